The molecule has 0 heteroatoms. The molecule has 0 heterocycles. The number of benzene rings is 16. The second kappa shape index (κ2) is 16.1. The van der Waals surface area contributed by atoms with Crippen LogP contribution in [-0.2, 0) is 10.8 Å². The first kappa shape index (κ1) is 46.2. The van der Waals surface area contributed by atoms with E-state index in [0.29, 0.717) is 0 Å². The van der Waals surface area contributed by atoms with E-state index in [4.69, 9.17) is 0 Å². The molecule has 18 aromatic carbocycles. The normalized spacial score (nSPS) is 13.0. The van der Waals surface area contributed by atoms with Crippen LogP contribution in [0, 0.1) is 0 Å². The van der Waals surface area contributed by atoms with Crippen LogP contribution in [0.5, 0.6) is 0 Å². The Kier molecular flexibility index (Phi) is 9.04. The van der Waals surface area contributed by atoms with Crippen LogP contribution in [0.15, 0.2) is 231 Å². The van der Waals surface area contributed by atoms with Crippen molar-refractivity contribution < 1.29 is 0 Å². The van der Waals surface area contributed by atoms with E-state index >= 15 is 0 Å². The van der Waals surface area contributed by atoms with Crippen molar-refractivity contribution in [3.05, 3.63) is 242 Å². The fourth-order valence-corrected chi connectivity index (χ4v) is 15.6. The van der Waals surface area contributed by atoms with E-state index < -0.39 is 0 Å². The van der Waals surface area contributed by atoms with Gasteiger partial charge in [-0.05, 0) is 231 Å². The van der Waals surface area contributed by atoms with Crippen LogP contribution in [0.25, 0.3) is 185 Å². The Morgan fingerprint density at radius 3 is 1.05 bits per heavy atom. The molecule has 0 N–H and O–H groups in total. The molecule has 0 aliphatic heterocycles. The highest BCUT2D eigenvalue weighted by Crippen LogP contribution is 2.57. The SMILES string of the molecule is CC(C)(C)c1cc2cc(C(C)(C)C)cc3c4ccc5c6c(-c7ccccc7)c7cc8c(cc7c(-c7ccccc7)c6c6ccc(c(c1)c23)c4c65)c1ccc2c3cccc4c(-c5ccccc5-c5ccccc5)ccc(c5ccc8c1c25)c43. The lowest BCUT2D eigenvalue weighted by molar-refractivity contribution is 0.590. The largest absolute Gasteiger partial charge is 0.0622 e. The maximum Gasteiger partial charge on any atom is -0.000740 e. The molecule has 0 aromatic heterocycles. The molecule has 82 heavy (non-hydrogen) atoms. The summed E-state index contributed by atoms with van der Waals surface area (Å²) >= 11 is 0. The number of hydrogen-bond acceptors (Lipinski definition) is 0. The second-order valence-electron chi connectivity index (χ2n) is 25.8. The highest BCUT2D eigenvalue weighted by atomic mass is 14.3. The van der Waals surface area contributed by atoms with Gasteiger partial charge in [-0.2, -0.15) is 0 Å². The van der Waals surface area contributed by atoms with Crippen LogP contribution in [-0.4, -0.2) is 0 Å². The maximum absolute atomic E-state index is 2.59. The first-order valence-corrected chi connectivity index (χ1v) is 29.3. The van der Waals surface area contributed by atoms with Crippen LogP contribution >= 0.6 is 0 Å². The molecule has 0 atom stereocenters. The third kappa shape index (κ3) is 6.06. The van der Waals surface area contributed by atoms with Crippen molar-refractivity contribution in [2.24, 2.45) is 0 Å². The minimum atomic E-state index is -0.0168. The molecule has 0 saturated carbocycles. The van der Waals surface area contributed by atoms with Crippen LogP contribution < -0.4 is 0 Å². The molecule has 0 unspecified atom stereocenters. The summed E-state index contributed by atoms with van der Waals surface area (Å²) in [7, 11) is 0. The lowest BCUT2D eigenvalue weighted by Gasteiger charge is -2.25. The summed E-state index contributed by atoms with van der Waals surface area (Å²) in [6.45, 7) is 14.2. The van der Waals surface area contributed by atoms with Crippen molar-refractivity contribution in [1.29, 1.82) is 0 Å². The van der Waals surface area contributed by atoms with E-state index in [0.717, 1.165) is 0 Å². The van der Waals surface area contributed by atoms with Gasteiger partial charge in [-0.1, -0.05) is 248 Å². The van der Waals surface area contributed by atoms with E-state index in [1.165, 1.54) is 196 Å². The Morgan fingerprint density at radius 2 is 0.561 bits per heavy atom. The minimum Gasteiger partial charge on any atom is -0.0622 e. The standard InChI is InChI=1S/C82H56/c1-81(2,3)49-39-48-40-50(82(4,5)6)42-68-62-36-38-64-78-63(37-35-61(77(62)78)67(41-49)71(48)68)79-72(46-21-12-8-13-22-46)69-43-65-59-33-31-57-55-28-18-27-54-53(52-26-17-16-25-51(52)45-19-10-7-11-20-45)29-30-56(74(54)55)58-32-34-60(76(59)75(57)58)66(65)44-70(69)73(80(64)79)47-23-14-9-15-24-47/h7-44H,1-6H3. The van der Waals surface area contributed by atoms with Crippen molar-refractivity contribution in [3.8, 4) is 44.5 Å². The van der Waals surface area contributed by atoms with Crippen molar-refractivity contribution in [2.45, 2.75) is 52.4 Å². The molecule has 0 amide bonds. The Labute approximate surface area is 475 Å². The molecule has 0 radical (unpaired) electrons. The zero-order chi connectivity index (χ0) is 54.7. The van der Waals surface area contributed by atoms with Gasteiger partial charge in [-0.15, -0.1) is 0 Å². The zero-order valence-corrected chi connectivity index (χ0v) is 46.9. The highest BCUT2D eigenvalue weighted by molar-refractivity contribution is 6.48. The lowest BCUT2D eigenvalue weighted by Crippen LogP contribution is -2.12. The topological polar surface area (TPSA) is 0 Å². The summed E-state index contributed by atoms with van der Waals surface area (Å²) in [6.07, 6.45) is 0. The molecule has 0 spiro atoms. The third-order valence-electron chi connectivity index (χ3n) is 19.3. The summed E-state index contributed by atoms with van der Waals surface area (Å²) in [4.78, 5) is 0. The quantitative estimate of drug-likeness (QED) is 0.122. The fourth-order valence-electron chi connectivity index (χ4n) is 15.6. The summed E-state index contributed by atoms with van der Waals surface area (Å²) in [6, 6.07) is 89.0. The molecule has 0 bridgehead atoms. The van der Waals surface area contributed by atoms with E-state index in [1.54, 1.807) is 0 Å². The van der Waals surface area contributed by atoms with Gasteiger partial charge < -0.3 is 0 Å². The molecule has 384 valence electrons. The molecule has 0 saturated heterocycles. The molecule has 0 aliphatic rings. The number of rotatable bonds is 4. The van der Waals surface area contributed by atoms with E-state index in [1.807, 2.05) is 0 Å². The van der Waals surface area contributed by atoms with Crippen LogP contribution in [0.1, 0.15) is 52.7 Å². The third-order valence-corrected chi connectivity index (χ3v) is 19.3. The van der Waals surface area contributed by atoms with Crippen LogP contribution in [0.2, 0.25) is 0 Å². The van der Waals surface area contributed by atoms with E-state index in [2.05, 4.69) is 272 Å². The zero-order valence-electron chi connectivity index (χ0n) is 46.9. The Hall–Kier alpha value is -9.62. The van der Waals surface area contributed by atoms with Gasteiger partial charge in [0, 0.05) is 0 Å². The van der Waals surface area contributed by atoms with Crippen molar-refractivity contribution in [3.63, 3.8) is 0 Å². The summed E-state index contributed by atoms with van der Waals surface area (Å²) in [5, 5.41) is 34.6. The van der Waals surface area contributed by atoms with Crippen molar-refractivity contribution >= 4 is 140 Å². The van der Waals surface area contributed by atoms with Gasteiger partial charge in [0.1, 0.15) is 0 Å². The minimum absolute atomic E-state index is 0.0168. The van der Waals surface area contributed by atoms with Gasteiger partial charge in [0.2, 0.25) is 0 Å². The Morgan fingerprint density at radius 1 is 0.195 bits per heavy atom. The average molecular weight is 1040 g/mol. The molecule has 18 rings (SSSR count). The smallest absolute Gasteiger partial charge is 0.000740 e. The van der Waals surface area contributed by atoms with Gasteiger partial charge in [0.15, 0.2) is 0 Å². The second-order valence-corrected chi connectivity index (χ2v) is 25.8. The monoisotopic (exact) mass is 1040 g/mol. The predicted molar refractivity (Wildman–Crippen MR) is 358 cm³/mol. The molecule has 0 nitrogen and oxygen atoms in total. The van der Waals surface area contributed by atoms with Gasteiger partial charge in [0.05, 0.1) is 0 Å². The highest BCUT2D eigenvalue weighted by Gasteiger charge is 2.29. The number of hydrogen-bond donors (Lipinski definition) is 0. The molecular formula is C82H56. The molecule has 0 fully saturated rings. The first-order valence-electron chi connectivity index (χ1n) is 29.3. The first-order chi connectivity index (χ1) is 40.0. The van der Waals surface area contributed by atoms with Crippen LogP contribution in [0.4, 0.5) is 0 Å². The van der Waals surface area contributed by atoms with Gasteiger partial charge in [-0.25, -0.2) is 0 Å². The Bertz CT molecular complexity index is 5450. The van der Waals surface area contributed by atoms with Gasteiger partial charge >= 0.3 is 0 Å². The van der Waals surface area contributed by atoms with Crippen molar-refractivity contribution in [1.82, 2.24) is 0 Å². The Balaban J connectivity index is 0.972. The van der Waals surface area contributed by atoms with E-state index in [-0.39, 0.29) is 10.8 Å². The van der Waals surface area contributed by atoms with Gasteiger partial charge in [-0.3, -0.25) is 0 Å². The van der Waals surface area contributed by atoms with Crippen molar-refractivity contribution in [2.75, 3.05) is 0 Å². The summed E-state index contributed by atoms with van der Waals surface area (Å²) < 4.78 is 0. The summed E-state index contributed by atoms with van der Waals surface area (Å²) in [5.41, 5.74) is 12.8. The molecule has 18 aromatic rings. The maximum atomic E-state index is 2.59. The average Bonchev–Trinajstić information content (AvgIpc) is 3.43. The summed E-state index contributed by atoms with van der Waals surface area (Å²) in [5.74, 6) is 0. The molecule has 0 aliphatic carbocycles. The lowest BCUT2D eigenvalue weighted by atomic mass is 9.79. The van der Waals surface area contributed by atoms with Crippen LogP contribution in [0.3, 0.4) is 0 Å². The predicted octanol–water partition coefficient (Wildman–Crippen LogP) is 23.7. The van der Waals surface area contributed by atoms with Gasteiger partial charge in [0.25, 0.3) is 0 Å². The van der Waals surface area contributed by atoms with E-state index in [9.17, 15) is 0 Å². The number of fused-ring (bicyclic) bond motifs is 11. The molecular weight excluding hydrogens is 985 g/mol. The fraction of sp³-hybridized carbons (Fsp3) is 0.0976.